The number of nitrogens with zero attached hydrogens (tertiary/aromatic N) is 5. The highest BCUT2D eigenvalue weighted by molar-refractivity contribution is 6.33. The first-order valence-corrected chi connectivity index (χ1v) is 11.5. The third kappa shape index (κ3) is 4.66. The van der Waals surface area contributed by atoms with Crippen molar-refractivity contribution in [2.45, 2.75) is 39.2 Å². The highest BCUT2D eigenvalue weighted by Gasteiger charge is 2.28. The van der Waals surface area contributed by atoms with E-state index in [-0.39, 0.29) is 17.3 Å². The predicted molar refractivity (Wildman–Crippen MR) is 129 cm³/mol. The Labute approximate surface area is 206 Å². The van der Waals surface area contributed by atoms with E-state index in [0.29, 0.717) is 17.4 Å². The molecule has 0 saturated heterocycles. The fraction of sp³-hybridized carbons (Fsp3) is 0.231. The van der Waals surface area contributed by atoms with Crippen LogP contribution < -0.4 is 4.90 Å². The van der Waals surface area contributed by atoms with Crippen LogP contribution in [0.3, 0.4) is 0 Å². The first kappa shape index (κ1) is 23.1. The van der Waals surface area contributed by atoms with Crippen LogP contribution in [-0.2, 0) is 11.3 Å². The maximum atomic E-state index is 13.9. The lowest BCUT2D eigenvalue weighted by Crippen LogP contribution is -2.25. The largest absolute Gasteiger partial charge is 0.485 e. The van der Waals surface area contributed by atoms with Gasteiger partial charge < -0.3 is 9.64 Å². The lowest BCUT2D eigenvalue weighted by Gasteiger charge is -2.32. The lowest BCUT2D eigenvalue weighted by atomic mass is 10.1. The van der Waals surface area contributed by atoms with Gasteiger partial charge in [-0.3, -0.25) is 9.97 Å². The van der Waals surface area contributed by atoms with Crippen LogP contribution in [0.15, 0.2) is 71.6 Å². The molecule has 1 saturated carbocycles. The molecule has 1 fully saturated rings. The van der Waals surface area contributed by atoms with Crippen molar-refractivity contribution in [2.75, 3.05) is 4.90 Å². The summed E-state index contributed by atoms with van der Waals surface area (Å²) >= 11 is 6.60. The lowest BCUT2D eigenvalue weighted by molar-refractivity contribution is 0.200. The Kier molecular flexibility index (Phi) is 6.06. The Bertz CT molecular complexity index is 1400. The van der Waals surface area contributed by atoms with Gasteiger partial charge in [-0.15, -0.1) is 0 Å². The quantitative estimate of drug-likeness (QED) is 0.401. The number of hydrogen-bond donors (Lipinski definition) is 0. The highest BCUT2D eigenvalue weighted by Crippen LogP contribution is 2.40. The van der Waals surface area contributed by atoms with E-state index in [0.717, 1.165) is 59.3 Å². The fourth-order valence-electron chi connectivity index (χ4n) is 3.86. The minimum Gasteiger partial charge on any atom is -0.485 e. The van der Waals surface area contributed by atoms with Crippen LogP contribution in [0.1, 0.15) is 42.8 Å². The van der Waals surface area contributed by atoms with Crippen molar-refractivity contribution in [3.8, 4) is 11.4 Å². The van der Waals surface area contributed by atoms with Gasteiger partial charge >= 0.3 is 0 Å². The van der Waals surface area contributed by atoms with Crippen LogP contribution in [0.25, 0.3) is 11.4 Å². The van der Waals surface area contributed by atoms with Crippen molar-refractivity contribution < 1.29 is 13.5 Å². The molecule has 5 rings (SSSR count). The fourth-order valence-corrected chi connectivity index (χ4v) is 4.05. The zero-order valence-corrected chi connectivity index (χ0v) is 20.0. The number of halogens is 3. The van der Waals surface area contributed by atoms with E-state index in [4.69, 9.17) is 21.3 Å². The number of hydrogen-bond acceptors (Lipinski definition) is 6. The zero-order chi connectivity index (χ0) is 24.7. The molecule has 4 heterocycles. The molecule has 3 aromatic heterocycles. The second kappa shape index (κ2) is 9.19. The zero-order valence-electron chi connectivity index (χ0n) is 19.2. The van der Waals surface area contributed by atoms with Crippen molar-refractivity contribution in [1.82, 2.24) is 19.9 Å². The van der Waals surface area contributed by atoms with Crippen LogP contribution >= 0.6 is 11.6 Å². The maximum Gasteiger partial charge on any atom is 0.151 e. The standard InChI is InChI=1S/C26H22ClF2N5O/c1-14-11-31-21(20-6-7-30-26(33-20)17-4-5-17)10-23(14)34-15(2)8-24(25(27)16(34)3)35-13-22-19(29)9-18(28)12-32-22/h6-12,17H,3-5,13H2,1-2H3. The molecule has 35 heavy (non-hydrogen) atoms. The summed E-state index contributed by atoms with van der Waals surface area (Å²) in [4.78, 5) is 19.3. The molecule has 0 N–H and O–H groups in total. The van der Waals surface area contributed by atoms with Gasteiger partial charge in [0.25, 0.3) is 0 Å². The third-order valence-electron chi connectivity index (χ3n) is 5.88. The van der Waals surface area contributed by atoms with Gasteiger partial charge in [0.1, 0.15) is 34.7 Å². The normalized spacial score (nSPS) is 16.0. The Morgan fingerprint density at radius 1 is 1.11 bits per heavy atom. The van der Waals surface area contributed by atoms with Gasteiger partial charge in [0.2, 0.25) is 0 Å². The topological polar surface area (TPSA) is 64.0 Å². The summed E-state index contributed by atoms with van der Waals surface area (Å²) in [6, 6.07) is 4.56. The molecule has 0 aromatic carbocycles. The molecular weight excluding hydrogens is 472 g/mol. The number of aryl methyl sites for hydroxylation is 1. The van der Waals surface area contributed by atoms with E-state index >= 15 is 0 Å². The van der Waals surface area contributed by atoms with Crippen LogP contribution in [0.4, 0.5) is 14.5 Å². The second-order valence-corrected chi connectivity index (χ2v) is 8.93. The first-order chi connectivity index (χ1) is 16.8. The predicted octanol–water partition coefficient (Wildman–Crippen LogP) is 6.30. The highest BCUT2D eigenvalue weighted by atomic mass is 35.5. The van der Waals surface area contributed by atoms with E-state index in [1.807, 2.05) is 30.9 Å². The number of rotatable bonds is 6. The molecule has 1 aliphatic heterocycles. The van der Waals surface area contributed by atoms with Gasteiger partial charge in [-0.25, -0.2) is 18.7 Å². The SMILES string of the molecule is C=C1C(Cl)=C(OCc2ncc(F)cc2F)C=C(C)N1c1cc(-c2ccnc(C3CC3)n2)ncc1C. The van der Waals surface area contributed by atoms with E-state index in [1.165, 1.54) is 0 Å². The maximum absolute atomic E-state index is 13.9. The van der Waals surface area contributed by atoms with Crippen molar-refractivity contribution >= 4 is 17.3 Å². The van der Waals surface area contributed by atoms with Crippen LogP contribution in [0, 0.1) is 18.6 Å². The molecule has 1 aliphatic carbocycles. The molecule has 0 atom stereocenters. The van der Waals surface area contributed by atoms with Gasteiger partial charge in [0, 0.05) is 36.2 Å². The Hall–Kier alpha value is -3.65. The molecule has 0 amide bonds. The molecule has 3 aromatic rings. The second-order valence-electron chi connectivity index (χ2n) is 8.55. The van der Waals surface area contributed by atoms with Crippen molar-refractivity contribution in [2.24, 2.45) is 0 Å². The van der Waals surface area contributed by atoms with Crippen molar-refractivity contribution in [1.29, 1.82) is 0 Å². The number of anilines is 1. The van der Waals surface area contributed by atoms with E-state index in [9.17, 15) is 8.78 Å². The van der Waals surface area contributed by atoms with Crippen molar-refractivity contribution in [3.05, 3.63) is 100 Å². The Morgan fingerprint density at radius 2 is 1.91 bits per heavy atom. The number of ether oxygens (including phenoxy) is 1. The van der Waals surface area contributed by atoms with Crippen LogP contribution in [-0.4, -0.2) is 19.9 Å². The summed E-state index contributed by atoms with van der Waals surface area (Å²) in [5, 5.41) is 0.272. The molecule has 178 valence electrons. The van der Waals surface area contributed by atoms with E-state index in [2.05, 4.69) is 21.5 Å². The number of allylic oxidation sites excluding steroid dienone is 3. The van der Waals surface area contributed by atoms with Gasteiger partial charge in [-0.1, -0.05) is 18.2 Å². The Morgan fingerprint density at radius 3 is 2.66 bits per heavy atom. The van der Waals surface area contributed by atoms with Crippen LogP contribution in [0.2, 0.25) is 0 Å². The molecule has 0 radical (unpaired) electrons. The van der Waals surface area contributed by atoms with E-state index < -0.39 is 11.6 Å². The summed E-state index contributed by atoms with van der Waals surface area (Å²) in [5.41, 5.74) is 4.52. The smallest absolute Gasteiger partial charge is 0.151 e. The summed E-state index contributed by atoms with van der Waals surface area (Å²) in [5.74, 6) is 0.0808. The minimum atomic E-state index is -0.784. The molecule has 2 aliphatic rings. The van der Waals surface area contributed by atoms with E-state index in [1.54, 1.807) is 18.5 Å². The molecular formula is C26H22ClF2N5O. The molecule has 0 unspecified atom stereocenters. The van der Waals surface area contributed by atoms with Crippen molar-refractivity contribution in [3.63, 3.8) is 0 Å². The summed E-state index contributed by atoms with van der Waals surface area (Å²) in [6.45, 7) is 7.80. The van der Waals surface area contributed by atoms with Gasteiger partial charge in [-0.2, -0.15) is 0 Å². The first-order valence-electron chi connectivity index (χ1n) is 11.1. The number of pyridine rings is 2. The molecule has 6 nitrogen and oxygen atoms in total. The summed E-state index contributed by atoms with van der Waals surface area (Å²) < 4.78 is 32.8. The summed E-state index contributed by atoms with van der Waals surface area (Å²) in [7, 11) is 0. The van der Waals surface area contributed by atoms with Gasteiger partial charge in [0.15, 0.2) is 5.82 Å². The number of aromatic nitrogens is 4. The third-order valence-corrected chi connectivity index (χ3v) is 6.28. The average molecular weight is 494 g/mol. The van der Waals surface area contributed by atoms with Gasteiger partial charge in [-0.05, 0) is 44.4 Å². The van der Waals surface area contributed by atoms with Crippen LogP contribution in [0.5, 0.6) is 0 Å². The molecule has 0 bridgehead atoms. The van der Waals surface area contributed by atoms with Gasteiger partial charge in [0.05, 0.1) is 29.0 Å². The molecule has 9 heteroatoms. The average Bonchev–Trinajstić information content (AvgIpc) is 3.68. The monoisotopic (exact) mass is 493 g/mol. The summed E-state index contributed by atoms with van der Waals surface area (Å²) in [6.07, 6.45) is 8.48. The Balaban J connectivity index is 1.41. The molecule has 0 spiro atoms. The minimum absolute atomic E-state index is 0.0208.